The molecule has 0 spiro atoms. The van der Waals surface area contributed by atoms with E-state index in [9.17, 15) is 0 Å². The number of rotatable bonds is 2. The molecule has 3 atom stereocenters. The van der Waals surface area contributed by atoms with Crippen molar-refractivity contribution in [2.24, 2.45) is 23.0 Å². The molecule has 1 fully saturated rings. The van der Waals surface area contributed by atoms with E-state index in [0.29, 0.717) is 11.5 Å². The van der Waals surface area contributed by atoms with E-state index < -0.39 is 0 Å². The molecule has 1 rings (SSSR count). The first-order chi connectivity index (χ1) is 5.49. The molecule has 0 aromatic heterocycles. The van der Waals surface area contributed by atoms with E-state index in [2.05, 4.69) is 27.7 Å². The van der Waals surface area contributed by atoms with Crippen molar-refractivity contribution >= 4 is 0 Å². The topological polar surface area (TPSA) is 26.0 Å². The van der Waals surface area contributed by atoms with Gasteiger partial charge >= 0.3 is 0 Å². The summed E-state index contributed by atoms with van der Waals surface area (Å²) < 4.78 is 0. The van der Waals surface area contributed by atoms with Crippen LogP contribution in [0.5, 0.6) is 0 Å². The summed E-state index contributed by atoms with van der Waals surface area (Å²) in [7, 11) is 0. The maximum Gasteiger partial charge on any atom is 0.00982 e. The molecule has 72 valence electrons. The average Bonchev–Trinajstić information content (AvgIpc) is 2.13. The molecule has 2 N–H and O–H groups in total. The molecule has 0 saturated heterocycles. The largest absolute Gasteiger partial charge is 0.327 e. The lowest BCUT2D eigenvalue weighted by atomic mass is 9.78. The second-order valence-corrected chi connectivity index (χ2v) is 5.14. The summed E-state index contributed by atoms with van der Waals surface area (Å²) in [6.07, 6.45) is 3.88. The van der Waals surface area contributed by atoms with Crippen LogP contribution in [-0.2, 0) is 0 Å². The molecular weight excluding hydrogens is 146 g/mol. The zero-order chi connectivity index (χ0) is 9.35. The minimum Gasteiger partial charge on any atom is -0.327 e. The van der Waals surface area contributed by atoms with Gasteiger partial charge in [-0.25, -0.2) is 0 Å². The number of hydrogen-bond donors (Lipinski definition) is 1. The van der Waals surface area contributed by atoms with E-state index in [4.69, 9.17) is 5.73 Å². The molecule has 3 unspecified atom stereocenters. The molecule has 1 aliphatic rings. The van der Waals surface area contributed by atoms with Crippen molar-refractivity contribution in [1.29, 1.82) is 0 Å². The van der Waals surface area contributed by atoms with Crippen molar-refractivity contribution in [2.75, 3.05) is 0 Å². The Balaban J connectivity index is 2.67. The average molecular weight is 169 g/mol. The van der Waals surface area contributed by atoms with Crippen LogP contribution in [0.15, 0.2) is 0 Å². The summed E-state index contributed by atoms with van der Waals surface area (Å²) in [6, 6.07) is 0.444. The third-order valence-corrected chi connectivity index (χ3v) is 3.57. The normalized spacial score (nSPS) is 40.2. The summed E-state index contributed by atoms with van der Waals surface area (Å²) in [6.45, 7) is 9.29. The van der Waals surface area contributed by atoms with Crippen LogP contribution in [0.25, 0.3) is 0 Å². The lowest BCUT2D eigenvalue weighted by Crippen LogP contribution is -2.33. The monoisotopic (exact) mass is 169 g/mol. The maximum absolute atomic E-state index is 6.18. The highest BCUT2D eigenvalue weighted by Crippen LogP contribution is 2.47. The van der Waals surface area contributed by atoms with Gasteiger partial charge in [0.25, 0.3) is 0 Å². The summed E-state index contributed by atoms with van der Waals surface area (Å²) in [5.74, 6) is 1.47. The van der Waals surface area contributed by atoms with Crippen molar-refractivity contribution in [3.63, 3.8) is 0 Å². The van der Waals surface area contributed by atoms with Crippen molar-refractivity contribution in [1.82, 2.24) is 0 Å². The third kappa shape index (κ3) is 1.66. The Labute approximate surface area is 76.7 Å². The quantitative estimate of drug-likeness (QED) is 0.676. The van der Waals surface area contributed by atoms with Crippen molar-refractivity contribution < 1.29 is 0 Å². The molecule has 0 aliphatic heterocycles. The van der Waals surface area contributed by atoms with Crippen LogP contribution >= 0.6 is 0 Å². The zero-order valence-electron chi connectivity index (χ0n) is 8.93. The summed E-state index contributed by atoms with van der Waals surface area (Å²) in [4.78, 5) is 0. The minimum atomic E-state index is 0.444. The molecule has 0 aromatic rings. The lowest BCUT2D eigenvalue weighted by molar-refractivity contribution is 0.230. The van der Waals surface area contributed by atoms with Gasteiger partial charge in [-0.3, -0.25) is 0 Å². The standard InChI is InChI=1S/C11H23N/c1-5-6-9-10(12)8(2)7-11(9,3)4/h8-10H,5-7,12H2,1-4H3. The van der Waals surface area contributed by atoms with Gasteiger partial charge in [0.2, 0.25) is 0 Å². The van der Waals surface area contributed by atoms with Gasteiger partial charge in [0.1, 0.15) is 0 Å². The van der Waals surface area contributed by atoms with Gasteiger partial charge in [-0.05, 0) is 30.1 Å². The highest BCUT2D eigenvalue weighted by molar-refractivity contribution is 4.96. The van der Waals surface area contributed by atoms with E-state index in [-0.39, 0.29) is 0 Å². The molecule has 12 heavy (non-hydrogen) atoms. The van der Waals surface area contributed by atoms with Crippen LogP contribution in [0, 0.1) is 17.3 Å². The van der Waals surface area contributed by atoms with Crippen molar-refractivity contribution in [2.45, 2.75) is 53.0 Å². The van der Waals surface area contributed by atoms with Crippen molar-refractivity contribution in [3.8, 4) is 0 Å². The smallest absolute Gasteiger partial charge is 0.00982 e. The van der Waals surface area contributed by atoms with Crippen molar-refractivity contribution in [3.05, 3.63) is 0 Å². The van der Waals surface area contributed by atoms with Gasteiger partial charge in [-0.1, -0.05) is 34.1 Å². The number of nitrogens with two attached hydrogens (primary N) is 1. The first kappa shape index (κ1) is 10.0. The van der Waals surface area contributed by atoms with Crippen LogP contribution in [0.1, 0.15) is 47.0 Å². The van der Waals surface area contributed by atoms with E-state index in [1.165, 1.54) is 19.3 Å². The molecule has 1 heteroatoms. The van der Waals surface area contributed by atoms with Crippen LogP contribution in [0.3, 0.4) is 0 Å². The van der Waals surface area contributed by atoms with E-state index in [0.717, 1.165) is 11.8 Å². The first-order valence-corrected chi connectivity index (χ1v) is 5.24. The fourth-order valence-corrected chi connectivity index (χ4v) is 2.93. The van der Waals surface area contributed by atoms with Crippen LogP contribution < -0.4 is 5.73 Å². The Morgan fingerprint density at radius 2 is 2.00 bits per heavy atom. The van der Waals surface area contributed by atoms with E-state index >= 15 is 0 Å². The van der Waals surface area contributed by atoms with Gasteiger partial charge < -0.3 is 5.73 Å². The number of hydrogen-bond acceptors (Lipinski definition) is 1. The van der Waals surface area contributed by atoms with Gasteiger partial charge in [-0.15, -0.1) is 0 Å². The Bertz CT molecular complexity index is 151. The third-order valence-electron chi connectivity index (χ3n) is 3.57. The molecule has 0 aromatic carbocycles. The summed E-state index contributed by atoms with van der Waals surface area (Å²) in [5.41, 5.74) is 6.67. The Hall–Kier alpha value is -0.0400. The predicted molar refractivity (Wildman–Crippen MR) is 53.9 cm³/mol. The first-order valence-electron chi connectivity index (χ1n) is 5.24. The fraction of sp³-hybridized carbons (Fsp3) is 1.00. The molecule has 0 radical (unpaired) electrons. The minimum absolute atomic E-state index is 0.444. The van der Waals surface area contributed by atoms with Crippen LogP contribution in [0.4, 0.5) is 0 Å². The lowest BCUT2D eigenvalue weighted by Gasteiger charge is -2.28. The highest BCUT2D eigenvalue weighted by Gasteiger charge is 2.43. The second-order valence-electron chi connectivity index (χ2n) is 5.14. The predicted octanol–water partition coefficient (Wildman–Crippen LogP) is 2.80. The molecule has 0 heterocycles. The zero-order valence-corrected chi connectivity index (χ0v) is 8.93. The Morgan fingerprint density at radius 3 is 2.33 bits per heavy atom. The Morgan fingerprint density at radius 1 is 1.42 bits per heavy atom. The van der Waals surface area contributed by atoms with Gasteiger partial charge in [0.05, 0.1) is 0 Å². The molecule has 1 saturated carbocycles. The van der Waals surface area contributed by atoms with Crippen LogP contribution in [-0.4, -0.2) is 6.04 Å². The van der Waals surface area contributed by atoms with Gasteiger partial charge in [-0.2, -0.15) is 0 Å². The van der Waals surface area contributed by atoms with E-state index in [1.807, 2.05) is 0 Å². The molecule has 0 amide bonds. The second kappa shape index (κ2) is 3.37. The Kier molecular flexibility index (Phi) is 2.82. The summed E-state index contributed by atoms with van der Waals surface area (Å²) >= 11 is 0. The summed E-state index contributed by atoms with van der Waals surface area (Å²) in [5, 5.41) is 0. The van der Waals surface area contributed by atoms with E-state index in [1.54, 1.807) is 0 Å². The molecule has 1 aliphatic carbocycles. The van der Waals surface area contributed by atoms with Gasteiger partial charge in [0.15, 0.2) is 0 Å². The molecule has 1 nitrogen and oxygen atoms in total. The molecule has 0 bridgehead atoms. The fourth-order valence-electron chi connectivity index (χ4n) is 2.93. The highest BCUT2D eigenvalue weighted by atomic mass is 14.7. The van der Waals surface area contributed by atoms with Crippen LogP contribution in [0.2, 0.25) is 0 Å². The molecular formula is C11H23N. The van der Waals surface area contributed by atoms with Gasteiger partial charge in [0, 0.05) is 6.04 Å². The SMILES string of the molecule is CCCC1C(N)C(C)CC1(C)C. The maximum atomic E-state index is 6.18.